The molecule has 0 bridgehead atoms. The van der Waals surface area contributed by atoms with Crippen molar-refractivity contribution in [3.05, 3.63) is 70.2 Å². The van der Waals surface area contributed by atoms with Gasteiger partial charge in [-0.25, -0.2) is 9.97 Å². The minimum absolute atomic E-state index is 0.449. The Labute approximate surface area is 244 Å². The van der Waals surface area contributed by atoms with Gasteiger partial charge < -0.3 is 14.8 Å². The zero-order valence-electron chi connectivity index (χ0n) is 22.9. The lowest BCUT2D eigenvalue weighted by atomic mass is 9.98. The maximum absolute atomic E-state index is 7.01. The van der Waals surface area contributed by atoms with Gasteiger partial charge in [-0.3, -0.25) is 14.9 Å². The fourth-order valence-electron chi connectivity index (χ4n) is 4.98. The van der Waals surface area contributed by atoms with Gasteiger partial charge in [-0.15, -0.1) is 0 Å². The van der Waals surface area contributed by atoms with E-state index in [2.05, 4.69) is 20.2 Å². The highest BCUT2D eigenvalue weighted by Crippen LogP contribution is 2.42. The molecule has 3 heterocycles. The van der Waals surface area contributed by atoms with Gasteiger partial charge in [0.25, 0.3) is 0 Å². The van der Waals surface area contributed by atoms with Gasteiger partial charge in [0, 0.05) is 35.3 Å². The smallest absolute Gasteiger partial charge is 0.237 e. The molecule has 0 radical (unpaired) electrons. The molecule has 4 aromatic rings. The Morgan fingerprint density at radius 2 is 1.25 bits per heavy atom. The molecule has 0 amide bonds. The molecule has 8 nitrogen and oxygen atoms in total. The van der Waals surface area contributed by atoms with Crippen molar-refractivity contribution >= 4 is 23.2 Å². The minimum Gasteiger partial charge on any atom is -0.480 e. The molecular formula is C30H32Cl2N6O2. The van der Waals surface area contributed by atoms with Gasteiger partial charge in [0.05, 0.1) is 48.0 Å². The maximum atomic E-state index is 7.01. The number of hydrogen-bond acceptors (Lipinski definition) is 8. The van der Waals surface area contributed by atoms with Crippen molar-refractivity contribution in [2.24, 2.45) is 0 Å². The van der Waals surface area contributed by atoms with Gasteiger partial charge >= 0.3 is 0 Å². The normalized spacial score (nSPS) is 13.8. The lowest BCUT2D eigenvalue weighted by Crippen LogP contribution is -2.29. The van der Waals surface area contributed by atoms with Gasteiger partial charge in [0.1, 0.15) is 11.4 Å². The Balaban J connectivity index is 1.49. The number of benzene rings is 2. The van der Waals surface area contributed by atoms with Crippen LogP contribution in [0.15, 0.2) is 48.8 Å². The Hall–Kier alpha value is -3.30. The lowest BCUT2D eigenvalue weighted by molar-refractivity contribution is 0.214. The molecule has 0 spiro atoms. The number of nitrogens with zero attached hydrogens (tertiary/aromatic N) is 5. The van der Waals surface area contributed by atoms with Crippen molar-refractivity contribution in [1.82, 2.24) is 30.2 Å². The molecule has 1 saturated heterocycles. The fraction of sp³-hybridized carbons (Fsp3) is 0.333. The first-order valence-corrected chi connectivity index (χ1v) is 14.0. The van der Waals surface area contributed by atoms with Crippen LogP contribution in [0.2, 0.25) is 10.0 Å². The van der Waals surface area contributed by atoms with E-state index in [0.717, 1.165) is 53.3 Å². The van der Waals surface area contributed by atoms with E-state index < -0.39 is 0 Å². The molecule has 1 aliphatic rings. The molecule has 1 aliphatic heterocycles. The van der Waals surface area contributed by atoms with Crippen LogP contribution in [-0.4, -0.2) is 59.2 Å². The topological polar surface area (TPSA) is 85.3 Å². The molecule has 40 heavy (non-hydrogen) atoms. The first-order chi connectivity index (χ1) is 19.5. The molecular weight excluding hydrogens is 547 g/mol. The molecule has 0 saturated carbocycles. The van der Waals surface area contributed by atoms with Gasteiger partial charge in [0.15, 0.2) is 0 Å². The van der Waals surface area contributed by atoms with E-state index in [-0.39, 0.29) is 0 Å². The van der Waals surface area contributed by atoms with Crippen LogP contribution < -0.4 is 14.8 Å². The molecule has 208 valence electrons. The molecule has 0 atom stereocenters. The summed E-state index contributed by atoms with van der Waals surface area (Å²) in [6.45, 7) is 3.40. The molecule has 2 aromatic carbocycles. The molecule has 0 aliphatic carbocycles. The summed E-state index contributed by atoms with van der Waals surface area (Å²) in [4.78, 5) is 21.1. The highest BCUT2D eigenvalue weighted by Gasteiger charge is 2.20. The van der Waals surface area contributed by atoms with Crippen LogP contribution in [0.3, 0.4) is 0 Å². The Bertz CT molecular complexity index is 1490. The van der Waals surface area contributed by atoms with Crippen LogP contribution in [-0.2, 0) is 13.1 Å². The van der Waals surface area contributed by atoms with Gasteiger partial charge in [-0.1, -0.05) is 66.0 Å². The molecule has 1 fully saturated rings. The minimum atomic E-state index is 0.449. The first-order valence-electron chi connectivity index (χ1n) is 13.3. The summed E-state index contributed by atoms with van der Waals surface area (Å²) in [5.41, 5.74) is 5.80. The third kappa shape index (κ3) is 5.90. The van der Waals surface area contributed by atoms with Crippen LogP contribution in [0.5, 0.6) is 11.8 Å². The number of hydrogen-bond donors (Lipinski definition) is 1. The van der Waals surface area contributed by atoms with Crippen LogP contribution in [0.4, 0.5) is 0 Å². The monoisotopic (exact) mass is 578 g/mol. The standard InChI is InChI=1S/C30H32Cl2N6O2/c1-33-15-25-29(39-2)36-23(16-34-25)21-11-7-9-19(27(21)31)20-10-8-12-22(28(20)32)24-17-35-26(30(37-24)40-3)18-38-13-5-4-6-14-38/h7-12,16-17,33H,4-6,13-15,18H2,1-3H3. The number of likely N-dealkylation sites (tertiary alicyclic amines) is 1. The SMILES string of the molecule is CNCc1ncc(-c2cccc(-c3cccc(-c4cnc(CN5CCCCC5)c(OC)n4)c3Cl)c2Cl)nc1OC. The second kappa shape index (κ2) is 12.9. The average Bonchev–Trinajstić information content (AvgIpc) is 2.99. The number of nitrogens with one attached hydrogen (secondary N) is 1. The van der Waals surface area contributed by atoms with E-state index in [1.165, 1.54) is 19.3 Å². The van der Waals surface area contributed by atoms with Crippen molar-refractivity contribution in [3.63, 3.8) is 0 Å². The van der Waals surface area contributed by atoms with Crippen LogP contribution in [0.25, 0.3) is 33.6 Å². The number of rotatable bonds is 9. The maximum Gasteiger partial charge on any atom is 0.237 e. The number of ether oxygens (including phenoxy) is 2. The molecule has 0 unspecified atom stereocenters. The first kappa shape index (κ1) is 28.2. The van der Waals surface area contributed by atoms with Gasteiger partial charge in [-0.2, -0.15) is 0 Å². The molecule has 10 heteroatoms. The summed E-state index contributed by atoms with van der Waals surface area (Å²) in [5.74, 6) is 0.961. The van der Waals surface area contributed by atoms with E-state index in [1.807, 2.05) is 43.4 Å². The Morgan fingerprint density at radius 3 is 1.77 bits per heavy atom. The second-order valence-electron chi connectivity index (χ2n) is 9.62. The largest absolute Gasteiger partial charge is 0.480 e. The Morgan fingerprint density at radius 1 is 0.750 bits per heavy atom. The zero-order chi connectivity index (χ0) is 28.1. The van der Waals surface area contributed by atoms with Crippen LogP contribution >= 0.6 is 23.2 Å². The zero-order valence-corrected chi connectivity index (χ0v) is 24.4. The molecule has 5 rings (SSSR count). The van der Waals surface area contributed by atoms with Crippen LogP contribution in [0, 0.1) is 0 Å². The highest BCUT2D eigenvalue weighted by atomic mass is 35.5. The third-order valence-corrected chi connectivity index (χ3v) is 7.83. The third-order valence-electron chi connectivity index (χ3n) is 7.02. The van der Waals surface area contributed by atoms with E-state index in [4.69, 9.17) is 42.6 Å². The quantitative estimate of drug-likeness (QED) is 0.248. The van der Waals surface area contributed by atoms with E-state index >= 15 is 0 Å². The summed E-state index contributed by atoms with van der Waals surface area (Å²) in [6.07, 6.45) is 7.17. The summed E-state index contributed by atoms with van der Waals surface area (Å²) in [6, 6.07) is 11.6. The molecule has 2 aromatic heterocycles. The highest BCUT2D eigenvalue weighted by molar-refractivity contribution is 6.39. The fourth-order valence-corrected chi connectivity index (χ4v) is 5.63. The lowest BCUT2D eigenvalue weighted by Gasteiger charge is -2.26. The summed E-state index contributed by atoms with van der Waals surface area (Å²) < 4.78 is 11.1. The van der Waals surface area contributed by atoms with E-state index in [1.54, 1.807) is 26.6 Å². The van der Waals surface area contributed by atoms with E-state index in [0.29, 0.717) is 39.7 Å². The summed E-state index contributed by atoms with van der Waals surface area (Å²) >= 11 is 14.0. The van der Waals surface area contributed by atoms with Crippen molar-refractivity contribution in [1.29, 1.82) is 0 Å². The van der Waals surface area contributed by atoms with Crippen molar-refractivity contribution in [3.8, 4) is 45.4 Å². The number of methoxy groups -OCH3 is 2. The second-order valence-corrected chi connectivity index (χ2v) is 10.4. The van der Waals surface area contributed by atoms with E-state index in [9.17, 15) is 0 Å². The number of halogens is 2. The van der Waals surface area contributed by atoms with Crippen molar-refractivity contribution in [2.75, 3.05) is 34.4 Å². The summed E-state index contributed by atoms with van der Waals surface area (Å²) in [7, 11) is 5.05. The predicted molar refractivity (Wildman–Crippen MR) is 159 cm³/mol. The van der Waals surface area contributed by atoms with Gasteiger partial charge in [0.2, 0.25) is 11.8 Å². The van der Waals surface area contributed by atoms with Crippen LogP contribution in [0.1, 0.15) is 30.7 Å². The molecule has 1 N–H and O–H groups in total. The van der Waals surface area contributed by atoms with Gasteiger partial charge in [-0.05, 0) is 33.0 Å². The number of aromatic nitrogens is 4. The summed E-state index contributed by atoms with van der Waals surface area (Å²) in [5, 5.41) is 4.11. The Kier molecular flexibility index (Phi) is 9.11. The van der Waals surface area contributed by atoms with Crippen molar-refractivity contribution < 1.29 is 9.47 Å². The predicted octanol–water partition coefficient (Wildman–Crippen LogP) is 6.30. The van der Waals surface area contributed by atoms with Crippen molar-refractivity contribution in [2.45, 2.75) is 32.4 Å². The number of piperidine rings is 1. The average molecular weight is 580 g/mol.